The fraction of sp³-hybridized carbons (Fsp3) is 0. The van der Waals surface area contributed by atoms with E-state index in [1.807, 2.05) is 0 Å². The first-order chi connectivity index (χ1) is 11.1. The largest absolute Gasteiger partial charge is 0.506 e. The van der Waals surface area contributed by atoms with Gasteiger partial charge in [0.2, 0.25) is 0 Å². The minimum Gasteiger partial charge on any atom is -0.506 e. The summed E-state index contributed by atoms with van der Waals surface area (Å²) in [5.74, 6) is -0.381. The molecule has 0 aliphatic rings. The number of hydrogen-bond acceptors (Lipinski definition) is 9. The average Bonchev–Trinajstić information content (AvgIpc) is 2.46. The molecule has 2 aromatic carbocycles. The molecule has 0 aliphatic heterocycles. The first-order valence-corrected chi connectivity index (χ1v) is 7.59. The number of phenolic OH excluding ortho intramolecular Hbond substituents is 1. The Balaban J connectivity index is 0.00000312. The van der Waals surface area contributed by atoms with E-state index >= 15 is 0 Å². The van der Waals surface area contributed by atoms with Gasteiger partial charge in [-0.25, -0.2) is 0 Å². The Morgan fingerprint density at radius 3 is 2.20 bits per heavy atom. The number of phenols is 1. The van der Waals surface area contributed by atoms with Crippen molar-refractivity contribution >= 4 is 68.1 Å². The molecule has 0 bridgehead atoms. The molecular formula is C12H11N5NaO6S. The second kappa shape index (κ2) is 7.76. The van der Waals surface area contributed by atoms with Crippen LogP contribution in [0.2, 0.25) is 0 Å². The minimum atomic E-state index is -4.60. The van der Waals surface area contributed by atoms with E-state index in [9.17, 15) is 23.6 Å². The topological polar surface area (TPSA) is 194 Å². The second-order valence-corrected chi connectivity index (χ2v) is 5.94. The van der Waals surface area contributed by atoms with Crippen molar-refractivity contribution in [2.24, 2.45) is 10.2 Å². The number of benzene rings is 2. The third-order valence-corrected chi connectivity index (χ3v) is 3.78. The van der Waals surface area contributed by atoms with Crippen LogP contribution in [0.15, 0.2) is 45.5 Å². The van der Waals surface area contributed by atoms with E-state index in [0.29, 0.717) is 0 Å². The van der Waals surface area contributed by atoms with Gasteiger partial charge in [0.15, 0.2) is 0 Å². The molecular weight excluding hydrogens is 365 g/mol. The number of non-ortho nitro benzene ring substituents is 1. The van der Waals surface area contributed by atoms with Gasteiger partial charge >= 0.3 is 0 Å². The second-order valence-electron chi connectivity index (χ2n) is 4.55. The van der Waals surface area contributed by atoms with Crippen molar-refractivity contribution in [2.75, 3.05) is 11.5 Å². The van der Waals surface area contributed by atoms with Crippen molar-refractivity contribution in [1.82, 2.24) is 0 Å². The maximum Gasteiger partial charge on any atom is 0.296 e. The number of rotatable bonds is 4. The number of azo groups is 1. The number of anilines is 2. The van der Waals surface area contributed by atoms with Gasteiger partial charge in [-0.1, -0.05) is 0 Å². The molecule has 2 rings (SSSR count). The first-order valence-electron chi connectivity index (χ1n) is 6.15. The van der Waals surface area contributed by atoms with Gasteiger partial charge in [0, 0.05) is 41.7 Å². The van der Waals surface area contributed by atoms with Crippen molar-refractivity contribution in [3.63, 3.8) is 0 Å². The maximum absolute atomic E-state index is 11.2. The van der Waals surface area contributed by atoms with E-state index in [2.05, 4.69) is 10.2 Å². The van der Waals surface area contributed by atoms with E-state index in [0.717, 1.165) is 30.3 Å². The van der Waals surface area contributed by atoms with Gasteiger partial charge in [-0.15, -0.1) is 10.2 Å². The van der Waals surface area contributed by atoms with Crippen LogP contribution in [0.5, 0.6) is 5.75 Å². The predicted molar refractivity (Wildman–Crippen MR) is 89.8 cm³/mol. The van der Waals surface area contributed by atoms with E-state index in [4.69, 9.17) is 16.0 Å². The van der Waals surface area contributed by atoms with Crippen LogP contribution in [-0.2, 0) is 10.1 Å². The van der Waals surface area contributed by atoms with Gasteiger partial charge < -0.3 is 16.6 Å². The number of nitrogens with two attached hydrogens (primary N) is 2. The molecule has 0 saturated carbocycles. The summed E-state index contributed by atoms with van der Waals surface area (Å²) in [6.45, 7) is 0. The Hall–Kier alpha value is -2.25. The van der Waals surface area contributed by atoms with E-state index in [1.165, 1.54) is 0 Å². The molecule has 0 aromatic heterocycles. The SMILES string of the molecule is Nc1cc(N)c(S(=O)(=O)O)cc1N=Nc1cc([N+](=O)[O-])ccc1O.[Na]. The number of aromatic hydroxyl groups is 1. The standard InChI is InChI=1S/C12H11N5O6S.Na/c13-7-4-8(14)12(24(21,22)23)5-9(7)15-16-10-3-6(17(19)20)1-2-11(10)18;/h1-5,18H,13-14H2,(H,21,22,23);. The van der Waals surface area contributed by atoms with Crippen LogP contribution in [-0.4, -0.2) is 52.6 Å². The molecule has 0 heterocycles. The molecule has 0 amide bonds. The van der Waals surface area contributed by atoms with Gasteiger partial charge in [0.05, 0.1) is 16.3 Å². The Morgan fingerprint density at radius 2 is 1.64 bits per heavy atom. The summed E-state index contributed by atoms with van der Waals surface area (Å²) in [5, 5.41) is 27.6. The predicted octanol–water partition coefficient (Wildman–Crippen LogP) is 1.75. The van der Waals surface area contributed by atoms with E-state index in [1.54, 1.807) is 0 Å². The Morgan fingerprint density at radius 1 is 1.04 bits per heavy atom. The average molecular weight is 376 g/mol. The third-order valence-electron chi connectivity index (χ3n) is 2.87. The van der Waals surface area contributed by atoms with Gasteiger partial charge in [0.1, 0.15) is 22.0 Å². The van der Waals surface area contributed by atoms with Crippen LogP contribution in [0.3, 0.4) is 0 Å². The summed E-state index contributed by atoms with van der Waals surface area (Å²) >= 11 is 0. The third kappa shape index (κ3) is 4.87. The van der Waals surface area contributed by atoms with Crippen molar-refractivity contribution in [3.8, 4) is 5.75 Å². The number of nitrogens with zero attached hydrogens (tertiary/aromatic N) is 3. The van der Waals surface area contributed by atoms with E-state index < -0.39 is 19.9 Å². The molecule has 0 spiro atoms. The molecule has 13 heteroatoms. The van der Waals surface area contributed by atoms with Crippen LogP contribution < -0.4 is 11.5 Å². The fourth-order valence-corrected chi connectivity index (χ4v) is 2.34. The summed E-state index contributed by atoms with van der Waals surface area (Å²) in [6.07, 6.45) is 0. The number of hydrogen-bond donors (Lipinski definition) is 4. The number of nitro groups is 1. The van der Waals surface area contributed by atoms with Gasteiger partial charge in [-0.2, -0.15) is 8.42 Å². The summed E-state index contributed by atoms with van der Waals surface area (Å²) < 4.78 is 31.5. The van der Waals surface area contributed by atoms with Crippen molar-refractivity contribution in [3.05, 3.63) is 40.4 Å². The monoisotopic (exact) mass is 376 g/mol. The van der Waals surface area contributed by atoms with Crippen LogP contribution in [0.25, 0.3) is 0 Å². The zero-order valence-electron chi connectivity index (χ0n) is 12.8. The molecule has 0 atom stereocenters. The molecule has 0 fully saturated rings. The molecule has 11 nitrogen and oxygen atoms in total. The fourth-order valence-electron chi connectivity index (χ4n) is 1.73. The molecule has 0 unspecified atom stereocenters. The molecule has 25 heavy (non-hydrogen) atoms. The van der Waals surface area contributed by atoms with E-state index in [-0.39, 0.29) is 63.7 Å². The molecule has 1 radical (unpaired) electrons. The summed E-state index contributed by atoms with van der Waals surface area (Å²) in [6, 6.07) is 5.05. The molecule has 0 aliphatic carbocycles. The molecule has 2 aromatic rings. The van der Waals surface area contributed by atoms with Crippen molar-refractivity contribution in [1.29, 1.82) is 0 Å². The zero-order chi connectivity index (χ0) is 18.1. The Labute approximate surface area is 163 Å². The van der Waals surface area contributed by atoms with Crippen molar-refractivity contribution in [2.45, 2.75) is 4.90 Å². The zero-order valence-corrected chi connectivity index (χ0v) is 15.6. The van der Waals surface area contributed by atoms with Crippen LogP contribution in [0.4, 0.5) is 28.4 Å². The number of nitrogen functional groups attached to an aromatic ring is 2. The first kappa shape index (κ1) is 20.8. The van der Waals surface area contributed by atoms with Crippen LogP contribution in [0, 0.1) is 10.1 Å². The summed E-state index contributed by atoms with van der Waals surface area (Å²) in [4.78, 5) is 9.40. The molecule has 127 valence electrons. The Bertz CT molecular complexity index is 963. The molecule has 6 N–H and O–H groups in total. The van der Waals surface area contributed by atoms with Crippen LogP contribution >= 0.6 is 0 Å². The van der Waals surface area contributed by atoms with Crippen LogP contribution in [0.1, 0.15) is 0 Å². The summed E-state index contributed by atoms with van der Waals surface area (Å²) in [5.41, 5.74) is 10.0. The molecule has 0 saturated heterocycles. The maximum atomic E-state index is 11.2. The normalized spacial score (nSPS) is 11.2. The number of nitro benzene ring substituents is 1. The summed E-state index contributed by atoms with van der Waals surface area (Å²) in [7, 11) is -4.60. The Kier molecular flexibility index (Phi) is 6.45. The quantitative estimate of drug-likeness (QED) is 0.155. The van der Waals surface area contributed by atoms with Crippen molar-refractivity contribution < 1.29 is 23.0 Å². The smallest absolute Gasteiger partial charge is 0.296 e. The van der Waals surface area contributed by atoms with Gasteiger partial charge in [-0.05, 0) is 18.2 Å². The van der Waals surface area contributed by atoms with Gasteiger partial charge in [0.25, 0.3) is 15.8 Å². The minimum absolute atomic E-state index is 0. The van der Waals surface area contributed by atoms with Gasteiger partial charge in [-0.3, -0.25) is 14.7 Å².